The lowest BCUT2D eigenvalue weighted by Crippen LogP contribution is -2.22. The highest BCUT2D eigenvalue weighted by atomic mass is 16.5. The Labute approximate surface area is 239 Å². The number of carboxylic acid groups (broad SMARTS) is 1. The van der Waals surface area contributed by atoms with E-state index in [0.717, 1.165) is 22.0 Å². The second kappa shape index (κ2) is 12.1. The molecular weight excluding hydrogens is 522 g/mol. The highest BCUT2D eigenvalue weighted by molar-refractivity contribution is 6.08. The van der Waals surface area contributed by atoms with Gasteiger partial charge in [-0.3, -0.25) is 10.3 Å². The van der Waals surface area contributed by atoms with Crippen LogP contribution in [0.25, 0.3) is 10.8 Å². The largest absolute Gasteiger partial charge is 0.492 e. The predicted octanol–water partition coefficient (Wildman–Crippen LogP) is 7.13. The van der Waals surface area contributed by atoms with Crippen LogP contribution in [0.2, 0.25) is 0 Å². The number of ether oxygens (including phenoxy) is 2. The van der Waals surface area contributed by atoms with Crippen LogP contribution in [0.1, 0.15) is 32.0 Å². The Morgan fingerprint density at radius 1 is 0.902 bits per heavy atom. The summed E-state index contributed by atoms with van der Waals surface area (Å²) in [6.07, 6.45) is 0.482. The van der Waals surface area contributed by atoms with E-state index < -0.39 is 12.1 Å². The third-order valence-corrected chi connectivity index (χ3v) is 6.28. The van der Waals surface area contributed by atoms with E-state index in [2.05, 4.69) is 20.9 Å². The minimum absolute atomic E-state index is 0.204. The molecule has 0 bridgehead atoms. The maximum absolute atomic E-state index is 13.2. The van der Waals surface area contributed by atoms with Crippen LogP contribution in [0.15, 0.2) is 66.9 Å². The topological polar surface area (TPSA) is 125 Å². The summed E-state index contributed by atoms with van der Waals surface area (Å²) in [5.74, 6) is 1.50. The van der Waals surface area contributed by atoms with Gasteiger partial charge in [0.05, 0.1) is 29.9 Å². The second-order valence-corrected chi connectivity index (χ2v) is 10.8. The lowest BCUT2D eigenvalue weighted by atomic mass is 9.86. The molecule has 0 radical (unpaired) electrons. The van der Waals surface area contributed by atoms with Gasteiger partial charge in [0.1, 0.15) is 11.5 Å². The Morgan fingerprint density at radius 3 is 2.20 bits per heavy atom. The maximum atomic E-state index is 13.2. The van der Waals surface area contributed by atoms with Gasteiger partial charge in [-0.25, -0.2) is 9.59 Å². The normalized spacial score (nSPS) is 11.3. The summed E-state index contributed by atoms with van der Waals surface area (Å²) in [7, 11) is 5.38. The Balaban J connectivity index is 1.62. The Morgan fingerprint density at radius 2 is 1.56 bits per heavy atom. The predicted molar refractivity (Wildman–Crippen MR) is 162 cm³/mol. The van der Waals surface area contributed by atoms with E-state index >= 15 is 0 Å². The number of pyridine rings is 1. The fourth-order valence-corrected chi connectivity index (χ4v) is 4.38. The quantitative estimate of drug-likeness (QED) is 0.182. The lowest BCUT2D eigenvalue weighted by Gasteiger charge is -2.23. The summed E-state index contributed by atoms with van der Waals surface area (Å²) in [6.45, 7) is 6.67. The van der Waals surface area contributed by atoms with Crippen LogP contribution >= 0.6 is 0 Å². The van der Waals surface area contributed by atoms with Crippen molar-refractivity contribution >= 4 is 40.0 Å². The van der Waals surface area contributed by atoms with Gasteiger partial charge in [-0.1, -0.05) is 45.0 Å². The van der Waals surface area contributed by atoms with Crippen molar-refractivity contribution in [2.24, 2.45) is 0 Å². The van der Waals surface area contributed by atoms with Gasteiger partial charge in [0, 0.05) is 29.6 Å². The molecule has 0 spiro atoms. The molecule has 4 N–H and O–H groups in total. The number of amides is 3. The van der Waals surface area contributed by atoms with Gasteiger partial charge in [-0.15, -0.1) is 0 Å². The summed E-state index contributed by atoms with van der Waals surface area (Å²) in [5.41, 5.74) is 2.52. The molecule has 0 aliphatic carbocycles. The first-order valence-corrected chi connectivity index (χ1v) is 13.0. The number of nitrogens with zero attached hydrogens (tertiary/aromatic N) is 2. The number of urea groups is 1. The van der Waals surface area contributed by atoms with Gasteiger partial charge in [-0.2, -0.15) is 0 Å². The van der Waals surface area contributed by atoms with Crippen molar-refractivity contribution in [2.75, 3.05) is 37.2 Å². The molecule has 0 fully saturated rings. The third-order valence-electron chi connectivity index (χ3n) is 6.28. The van der Waals surface area contributed by atoms with Gasteiger partial charge in [-0.05, 0) is 55.4 Å². The summed E-state index contributed by atoms with van der Waals surface area (Å²) < 4.78 is 11.7. The maximum Gasteiger partial charge on any atom is 0.409 e. The molecule has 3 amide bonds. The molecule has 1 heterocycles. The average Bonchev–Trinajstić information content (AvgIpc) is 2.89. The fraction of sp³-hybridized carbons (Fsp3) is 0.258. The van der Waals surface area contributed by atoms with Crippen LogP contribution < -0.4 is 25.4 Å². The minimum atomic E-state index is -1.24. The van der Waals surface area contributed by atoms with E-state index in [4.69, 9.17) is 9.47 Å². The van der Waals surface area contributed by atoms with Crippen molar-refractivity contribution in [3.05, 3.63) is 78.1 Å². The fourth-order valence-electron chi connectivity index (χ4n) is 4.38. The highest BCUT2D eigenvalue weighted by Crippen LogP contribution is 2.39. The highest BCUT2D eigenvalue weighted by Gasteiger charge is 2.22. The SMILES string of the molecule is COc1c(NC(=O)O)cc(C(C)(C)C)cc1NC(=O)Nc1ccc(Oc2ccnc(CN(C)C)c2)c2ccccc12. The summed E-state index contributed by atoms with van der Waals surface area (Å²) in [6, 6.07) is 17.9. The van der Waals surface area contributed by atoms with Crippen molar-refractivity contribution in [3.8, 4) is 17.2 Å². The summed E-state index contributed by atoms with van der Waals surface area (Å²) in [4.78, 5) is 31.1. The van der Waals surface area contributed by atoms with E-state index in [1.807, 2.05) is 70.1 Å². The number of anilines is 3. The minimum Gasteiger partial charge on any atom is -0.492 e. The zero-order valence-electron chi connectivity index (χ0n) is 24.0. The first-order chi connectivity index (χ1) is 19.4. The molecule has 214 valence electrons. The third kappa shape index (κ3) is 7.23. The smallest absolute Gasteiger partial charge is 0.409 e. The van der Waals surface area contributed by atoms with Crippen molar-refractivity contribution in [1.82, 2.24) is 9.88 Å². The summed E-state index contributed by atoms with van der Waals surface area (Å²) >= 11 is 0. The van der Waals surface area contributed by atoms with Crippen molar-refractivity contribution < 1.29 is 24.2 Å². The van der Waals surface area contributed by atoms with Crippen molar-refractivity contribution in [3.63, 3.8) is 0 Å². The van der Waals surface area contributed by atoms with Crippen LogP contribution in [0.3, 0.4) is 0 Å². The van der Waals surface area contributed by atoms with Crippen LogP contribution in [0.4, 0.5) is 26.7 Å². The van der Waals surface area contributed by atoms with Gasteiger partial charge >= 0.3 is 12.1 Å². The molecular formula is C31H35N5O5. The molecule has 0 aliphatic rings. The molecule has 1 aromatic heterocycles. The van der Waals surface area contributed by atoms with Gasteiger partial charge in [0.25, 0.3) is 0 Å². The van der Waals surface area contributed by atoms with Crippen molar-refractivity contribution in [2.45, 2.75) is 32.7 Å². The number of fused-ring (bicyclic) bond motifs is 1. The molecule has 41 heavy (non-hydrogen) atoms. The molecule has 4 rings (SSSR count). The second-order valence-electron chi connectivity index (χ2n) is 10.8. The van der Waals surface area contributed by atoms with E-state index in [9.17, 15) is 14.7 Å². The van der Waals surface area contributed by atoms with E-state index in [1.165, 1.54) is 7.11 Å². The van der Waals surface area contributed by atoms with Crippen LogP contribution in [0, 0.1) is 0 Å². The van der Waals surface area contributed by atoms with Gasteiger partial charge < -0.3 is 30.1 Å². The monoisotopic (exact) mass is 557 g/mol. The molecule has 0 saturated carbocycles. The molecule has 0 unspecified atom stereocenters. The first-order valence-electron chi connectivity index (χ1n) is 13.0. The number of aromatic nitrogens is 1. The zero-order valence-corrected chi connectivity index (χ0v) is 24.0. The zero-order chi connectivity index (χ0) is 29.7. The Bertz CT molecular complexity index is 1580. The van der Waals surface area contributed by atoms with E-state index in [-0.39, 0.29) is 16.9 Å². The average molecular weight is 558 g/mol. The van der Waals surface area contributed by atoms with Crippen LogP contribution in [0.5, 0.6) is 17.2 Å². The molecule has 10 nitrogen and oxygen atoms in total. The Hall–Kier alpha value is -4.83. The standard InChI is InChI=1S/C31H35N5O5/c1-31(2,3)19-15-25(28(40-6)26(16-19)35-30(38)39)34-29(37)33-24-11-12-27(23-10-8-7-9-22(23)24)41-21-13-14-32-20(17-21)18-36(4)5/h7-17,35H,18H2,1-6H3,(H,38,39)(H2,33,34,37). The van der Waals surface area contributed by atoms with Crippen LogP contribution in [-0.2, 0) is 12.0 Å². The van der Waals surface area contributed by atoms with Crippen molar-refractivity contribution in [1.29, 1.82) is 0 Å². The number of benzene rings is 3. The number of nitrogens with one attached hydrogen (secondary N) is 3. The molecule has 3 aromatic carbocycles. The Kier molecular flexibility index (Phi) is 8.63. The number of carbonyl (C=O) groups excluding carboxylic acids is 1. The number of rotatable bonds is 8. The van der Waals surface area contributed by atoms with E-state index in [1.54, 1.807) is 36.5 Å². The van der Waals surface area contributed by atoms with Gasteiger partial charge in [0.15, 0.2) is 5.75 Å². The number of hydrogen-bond donors (Lipinski definition) is 4. The summed E-state index contributed by atoms with van der Waals surface area (Å²) in [5, 5.41) is 19.0. The first kappa shape index (κ1) is 29.2. The van der Waals surface area contributed by atoms with Gasteiger partial charge in [0.2, 0.25) is 0 Å². The number of carbonyl (C=O) groups is 2. The molecule has 10 heteroatoms. The lowest BCUT2D eigenvalue weighted by molar-refractivity contribution is 0.209. The molecule has 0 atom stereocenters. The molecule has 0 saturated heterocycles. The molecule has 0 aliphatic heterocycles. The molecule has 4 aromatic rings. The van der Waals surface area contributed by atoms with E-state index in [0.29, 0.717) is 29.4 Å². The van der Waals surface area contributed by atoms with Crippen LogP contribution in [-0.4, -0.2) is 48.3 Å². The number of hydrogen-bond acceptors (Lipinski definition) is 6. The number of methoxy groups -OCH3 is 1.